The molecule has 2 rings (SSSR count). The summed E-state index contributed by atoms with van der Waals surface area (Å²) in [5.74, 6) is -1.85. The van der Waals surface area contributed by atoms with Gasteiger partial charge in [-0.3, -0.25) is 4.90 Å². The summed E-state index contributed by atoms with van der Waals surface area (Å²) in [4.78, 5) is 2.03. The molecule has 0 unspecified atom stereocenters. The van der Waals surface area contributed by atoms with Crippen LogP contribution >= 0.6 is 0 Å². The van der Waals surface area contributed by atoms with Crippen LogP contribution in [0.5, 0.6) is 5.75 Å². The Morgan fingerprint density at radius 3 is 2.12 bits per heavy atom. The van der Waals surface area contributed by atoms with Gasteiger partial charge in [-0.1, -0.05) is 30.3 Å². The minimum atomic E-state index is -2.00. The molecule has 0 radical (unpaired) electrons. The van der Waals surface area contributed by atoms with Crippen molar-refractivity contribution in [2.45, 2.75) is 45.6 Å². The van der Waals surface area contributed by atoms with Crippen LogP contribution in [-0.4, -0.2) is 32.3 Å². The lowest BCUT2D eigenvalue weighted by Gasteiger charge is -2.39. The summed E-state index contributed by atoms with van der Waals surface area (Å²) in [6, 6.07) is 14.6. The Hall–Kier alpha value is -1.88. The lowest BCUT2D eigenvalue weighted by atomic mass is 9.98. The summed E-state index contributed by atoms with van der Waals surface area (Å²) >= 11 is 0. The maximum absolute atomic E-state index is 10.6. The third-order valence-corrected chi connectivity index (χ3v) is 4.24. The van der Waals surface area contributed by atoms with Crippen molar-refractivity contribution in [1.29, 1.82) is 0 Å². The quantitative estimate of drug-likeness (QED) is 0.738. The van der Waals surface area contributed by atoms with Crippen molar-refractivity contribution in [3.63, 3.8) is 0 Å². The van der Waals surface area contributed by atoms with Gasteiger partial charge in [0.05, 0.1) is 6.54 Å². The fourth-order valence-electron chi connectivity index (χ4n) is 2.60. The third-order valence-electron chi connectivity index (χ3n) is 4.24. The summed E-state index contributed by atoms with van der Waals surface area (Å²) in [6.07, 6.45) is 0. The van der Waals surface area contributed by atoms with E-state index in [-0.39, 0.29) is 17.8 Å². The Kier molecular flexibility index (Phi) is 5.33. The number of aliphatic hydroxyl groups is 2. The monoisotopic (exact) mass is 329 g/mol. The van der Waals surface area contributed by atoms with Gasteiger partial charge in [-0.05, 0) is 57.0 Å². The highest BCUT2D eigenvalue weighted by atomic mass is 16.5. The minimum Gasteiger partial charge on any atom is -0.508 e. The second kappa shape index (κ2) is 6.93. The van der Waals surface area contributed by atoms with Crippen LogP contribution in [0, 0.1) is 6.92 Å². The molecule has 0 saturated carbocycles. The topological polar surface area (TPSA) is 63.9 Å². The van der Waals surface area contributed by atoms with Crippen molar-refractivity contribution >= 4 is 0 Å². The second-order valence-electron chi connectivity index (χ2n) is 7.33. The number of benzene rings is 2. The number of aryl methyl sites for hydroxylation is 1. The molecule has 0 spiro atoms. The minimum absolute atomic E-state index is 0.0651. The molecule has 0 bridgehead atoms. The molecule has 4 nitrogen and oxygen atoms in total. The lowest BCUT2D eigenvalue weighted by molar-refractivity contribution is -0.192. The Labute approximate surface area is 144 Å². The zero-order chi connectivity index (χ0) is 18.0. The smallest absolute Gasteiger partial charge is 0.203 e. The van der Waals surface area contributed by atoms with E-state index < -0.39 is 5.79 Å². The number of nitrogens with zero attached hydrogens (tertiary/aromatic N) is 1. The summed E-state index contributed by atoms with van der Waals surface area (Å²) in [6.45, 7) is 8.57. The highest BCUT2D eigenvalue weighted by molar-refractivity contribution is 5.36. The predicted octanol–water partition coefficient (Wildman–Crippen LogP) is 3.14. The van der Waals surface area contributed by atoms with Crippen molar-refractivity contribution in [2.75, 3.05) is 6.54 Å². The van der Waals surface area contributed by atoms with E-state index >= 15 is 0 Å². The van der Waals surface area contributed by atoms with Gasteiger partial charge >= 0.3 is 0 Å². The molecule has 0 aliphatic rings. The van der Waals surface area contributed by atoms with Gasteiger partial charge in [0.15, 0.2) is 0 Å². The fourth-order valence-corrected chi connectivity index (χ4v) is 2.60. The molecule has 3 N–H and O–H groups in total. The summed E-state index contributed by atoms with van der Waals surface area (Å²) in [5.41, 5.74) is 1.87. The maximum Gasteiger partial charge on any atom is 0.203 e. The van der Waals surface area contributed by atoms with E-state index in [1.165, 1.54) is 6.07 Å². The lowest BCUT2D eigenvalue weighted by Crippen LogP contribution is -2.49. The van der Waals surface area contributed by atoms with E-state index in [2.05, 4.69) is 0 Å². The predicted molar refractivity (Wildman–Crippen MR) is 95.6 cm³/mol. The van der Waals surface area contributed by atoms with Crippen LogP contribution in [0.1, 0.15) is 37.5 Å². The van der Waals surface area contributed by atoms with E-state index in [1.54, 1.807) is 19.1 Å². The van der Waals surface area contributed by atoms with Crippen LogP contribution in [0.15, 0.2) is 48.5 Å². The molecule has 0 saturated heterocycles. The molecule has 0 aliphatic carbocycles. The van der Waals surface area contributed by atoms with Gasteiger partial charge < -0.3 is 15.3 Å². The molecule has 0 heterocycles. The van der Waals surface area contributed by atoms with Gasteiger partial charge in [-0.2, -0.15) is 0 Å². The standard InChI is InChI=1S/C20H27NO3/c1-15-12-17(10-11-18(15)22)20(23,24)14-21(19(2,3)4)13-16-8-6-5-7-9-16/h5-12,22-24H,13-14H2,1-4H3. The van der Waals surface area contributed by atoms with Gasteiger partial charge in [0.2, 0.25) is 5.79 Å². The zero-order valence-electron chi connectivity index (χ0n) is 14.8. The number of rotatable bonds is 5. The van der Waals surface area contributed by atoms with Crippen LogP contribution < -0.4 is 0 Å². The Morgan fingerprint density at radius 1 is 0.958 bits per heavy atom. The van der Waals surface area contributed by atoms with Gasteiger partial charge in [0.1, 0.15) is 5.75 Å². The summed E-state index contributed by atoms with van der Waals surface area (Å²) in [7, 11) is 0. The highest BCUT2D eigenvalue weighted by Crippen LogP contribution is 2.28. The number of hydrogen-bond donors (Lipinski definition) is 3. The first-order chi connectivity index (χ1) is 11.1. The maximum atomic E-state index is 10.6. The average Bonchev–Trinajstić information content (AvgIpc) is 2.49. The van der Waals surface area contributed by atoms with Crippen LogP contribution in [-0.2, 0) is 12.3 Å². The molecule has 0 aliphatic heterocycles. The van der Waals surface area contributed by atoms with Gasteiger partial charge in [-0.25, -0.2) is 0 Å². The van der Waals surface area contributed by atoms with Crippen LogP contribution in [0.25, 0.3) is 0 Å². The van der Waals surface area contributed by atoms with E-state index in [0.29, 0.717) is 17.7 Å². The summed E-state index contributed by atoms with van der Waals surface area (Å²) in [5, 5.41) is 30.9. The Bertz CT molecular complexity index is 675. The third kappa shape index (κ3) is 4.57. The average molecular weight is 329 g/mol. The molecular formula is C20H27NO3. The number of phenolic OH excluding ortho intramolecular Hbond substituents is 1. The SMILES string of the molecule is Cc1cc(C(O)(O)CN(Cc2ccccc2)C(C)(C)C)ccc1O. The van der Waals surface area contributed by atoms with E-state index in [1.807, 2.05) is 56.0 Å². The normalized spacial score (nSPS) is 12.6. The van der Waals surface area contributed by atoms with Crippen LogP contribution in [0.3, 0.4) is 0 Å². The Balaban J connectivity index is 2.25. The molecule has 0 amide bonds. The van der Waals surface area contributed by atoms with Gasteiger partial charge in [0, 0.05) is 17.6 Å². The number of aromatic hydroxyl groups is 1. The first-order valence-electron chi connectivity index (χ1n) is 8.13. The number of β-amino-alcohol motifs (C(OH)–C–C–N with tert-alkyl or cyclic N) is 2. The molecule has 2 aromatic carbocycles. The highest BCUT2D eigenvalue weighted by Gasteiger charge is 2.33. The van der Waals surface area contributed by atoms with Crippen molar-refractivity contribution in [1.82, 2.24) is 4.90 Å². The number of phenols is 1. The van der Waals surface area contributed by atoms with Crippen molar-refractivity contribution in [3.05, 3.63) is 65.2 Å². The molecule has 0 aromatic heterocycles. The first-order valence-corrected chi connectivity index (χ1v) is 8.13. The summed E-state index contributed by atoms with van der Waals surface area (Å²) < 4.78 is 0. The molecule has 4 heteroatoms. The molecule has 130 valence electrons. The molecule has 2 aromatic rings. The molecule has 24 heavy (non-hydrogen) atoms. The van der Waals surface area contributed by atoms with E-state index in [9.17, 15) is 15.3 Å². The van der Waals surface area contributed by atoms with Crippen molar-refractivity contribution < 1.29 is 15.3 Å². The molecule has 0 atom stereocenters. The van der Waals surface area contributed by atoms with Crippen molar-refractivity contribution in [3.8, 4) is 5.75 Å². The fraction of sp³-hybridized carbons (Fsp3) is 0.400. The molecule has 0 fully saturated rings. The largest absolute Gasteiger partial charge is 0.508 e. The zero-order valence-corrected chi connectivity index (χ0v) is 14.8. The van der Waals surface area contributed by atoms with Crippen LogP contribution in [0.2, 0.25) is 0 Å². The van der Waals surface area contributed by atoms with E-state index in [4.69, 9.17) is 0 Å². The second-order valence-corrected chi connectivity index (χ2v) is 7.33. The van der Waals surface area contributed by atoms with E-state index in [0.717, 1.165) is 5.56 Å². The van der Waals surface area contributed by atoms with Gasteiger partial charge in [-0.15, -0.1) is 0 Å². The van der Waals surface area contributed by atoms with Crippen LogP contribution in [0.4, 0.5) is 0 Å². The van der Waals surface area contributed by atoms with Crippen molar-refractivity contribution in [2.24, 2.45) is 0 Å². The number of hydrogen-bond acceptors (Lipinski definition) is 4. The van der Waals surface area contributed by atoms with Gasteiger partial charge in [0.25, 0.3) is 0 Å². The Morgan fingerprint density at radius 2 is 1.58 bits per heavy atom. The molecular weight excluding hydrogens is 302 g/mol. The first kappa shape index (κ1) is 18.5.